The molecule has 27 heavy (non-hydrogen) atoms. The summed E-state index contributed by atoms with van der Waals surface area (Å²) in [5.74, 6) is -1.21. The molecule has 7 nitrogen and oxygen atoms in total. The van der Waals surface area contributed by atoms with Crippen molar-refractivity contribution in [2.75, 3.05) is 0 Å². The number of hydrogen-bond acceptors (Lipinski definition) is 3. The first-order valence-electron chi connectivity index (χ1n) is 7.91. The number of nitrogens with one attached hydrogen (secondary N) is 3. The lowest BCUT2D eigenvalue weighted by molar-refractivity contribution is -0.129. The number of nitrogens with zero attached hydrogens (tertiary/aromatic N) is 1. The van der Waals surface area contributed by atoms with E-state index in [0.717, 1.165) is 5.39 Å². The first kappa shape index (κ1) is 17.4. The molecule has 2 heterocycles. The average molecular weight is 403 g/mol. The van der Waals surface area contributed by atoms with E-state index in [1.165, 1.54) is 0 Å². The van der Waals surface area contributed by atoms with Crippen molar-refractivity contribution >= 4 is 52.0 Å². The third-order valence-electron chi connectivity index (χ3n) is 4.18. The predicted molar refractivity (Wildman–Crippen MR) is 100 cm³/mol. The summed E-state index contributed by atoms with van der Waals surface area (Å²) in [6, 6.07) is 11.6. The Morgan fingerprint density at radius 3 is 2.44 bits per heavy atom. The molecule has 1 aromatic heterocycles. The van der Waals surface area contributed by atoms with E-state index in [0.29, 0.717) is 26.1 Å². The fourth-order valence-electron chi connectivity index (χ4n) is 2.85. The zero-order chi connectivity index (χ0) is 19.1. The molecule has 1 saturated heterocycles. The third kappa shape index (κ3) is 3.22. The highest BCUT2D eigenvalue weighted by Gasteiger charge is 2.40. The molecule has 2 aromatic carbocycles. The molecule has 0 aliphatic carbocycles. The smallest absolute Gasteiger partial charge is 0.344 e. The number of aromatic nitrogens is 1. The number of urea groups is 1. The van der Waals surface area contributed by atoms with Gasteiger partial charge in [-0.25, -0.2) is 4.79 Å². The summed E-state index contributed by atoms with van der Waals surface area (Å²) in [6.45, 7) is 0. The average Bonchev–Trinajstić information content (AvgIpc) is 3.18. The number of amides is 4. The summed E-state index contributed by atoms with van der Waals surface area (Å²) in [6.07, 6.45) is 0. The second kappa shape index (κ2) is 6.61. The van der Waals surface area contributed by atoms with Crippen LogP contribution in [0.1, 0.15) is 22.1 Å². The van der Waals surface area contributed by atoms with Gasteiger partial charge in [0.05, 0.1) is 0 Å². The molecule has 9 heteroatoms. The van der Waals surface area contributed by atoms with E-state index in [-0.39, 0.29) is 5.69 Å². The minimum atomic E-state index is -0.892. The van der Waals surface area contributed by atoms with Gasteiger partial charge in [-0.05, 0) is 42.0 Å². The largest absolute Gasteiger partial charge is 0.350 e. The lowest BCUT2D eigenvalue weighted by Gasteiger charge is -2.13. The van der Waals surface area contributed by atoms with Crippen molar-refractivity contribution in [3.05, 3.63) is 69.8 Å². The van der Waals surface area contributed by atoms with Gasteiger partial charge in [-0.1, -0.05) is 35.3 Å². The number of carbonyl (C=O) groups is 3. The molecule has 3 N–H and O–H groups in total. The quantitative estimate of drug-likeness (QED) is 0.585. The molecule has 0 bridgehead atoms. The molecule has 0 saturated carbocycles. The van der Waals surface area contributed by atoms with Gasteiger partial charge in [0.2, 0.25) is 0 Å². The molecule has 0 radical (unpaired) electrons. The summed E-state index contributed by atoms with van der Waals surface area (Å²) in [4.78, 5) is 40.1. The van der Waals surface area contributed by atoms with Gasteiger partial charge in [0.1, 0.15) is 11.7 Å². The van der Waals surface area contributed by atoms with Crippen LogP contribution in [0.25, 0.3) is 10.9 Å². The van der Waals surface area contributed by atoms with Crippen molar-refractivity contribution in [1.29, 1.82) is 0 Å². The molecule has 4 amide bonds. The van der Waals surface area contributed by atoms with E-state index in [9.17, 15) is 14.4 Å². The molecule has 3 aromatic rings. The zero-order valence-corrected chi connectivity index (χ0v) is 15.1. The Labute approximate surface area is 163 Å². The van der Waals surface area contributed by atoms with Gasteiger partial charge in [-0.2, -0.15) is 5.01 Å². The summed E-state index contributed by atoms with van der Waals surface area (Å²) in [5, 5.41) is 4.99. The van der Waals surface area contributed by atoms with Crippen LogP contribution in [0.3, 0.4) is 0 Å². The Morgan fingerprint density at radius 1 is 1.00 bits per heavy atom. The Morgan fingerprint density at radius 2 is 1.70 bits per heavy atom. The number of hydrogen-bond donors (Lipinski definition) is 3. The summed E-state index contributed by atoms with van der Waals surface area (Å²) < 4.78 is 0. The fraction of sp³-hybridized carbons (Fsp3) is 0.0556. The van der Waals surface area contributed by atoms with Gasteiger partial charge >= 0.3 is 6.03 Å². The Hall–Kier alpha value is -3.03. The fourth-order valence-corrected chi connectivity index (χ4v) is 3.16. The Balaban J connectivity index is 1.54. The molecular weight excluding hydrogens is 391 g/mol. The normalized spacial score (nSPS) is 16.7. The molecule has 1 fully saturated rings. The number of imide groups is 1. The zero-order valence-electron chi connectivity index (χ0n) is 13.6. The van der Waals surface area contributed by atoms with Crippen LogP contribution in [0.4, 0.5) is 4.79 Å². The van der Waals surface area contributed by atoms with Gasteiger partial charge < -0.3 is 10.3 Å². The molecule has 1 aliphatic heterocycles. The third-order valence-corrected chi connectivity index (χ3v) is 4.67. The van der Waals surface area contributed by atoms with Crippen LogP contribution in [0.2, 0.25) is 10.0 Å². The highest BCUT2D eigenvalue weighted by atomic mass is 35.5. The molecule has 4 rings (SSSR count). The van der Waals surface area contributed by atoms with Gasteiger partial charge in [0.25, 0.3) is 11.8 Å². The van der Waals surface area contributed by atoms with Gasteiger partial charge in [-0.3, -0.25) is 15.0 Å². The number of fused-ring (bicyclic) bond motifs is 1. The highest BCUT2D eigenvalue weighted by molar-refractivity contribution is 6.31. The van der Waals surface area contributed by atoms with E-state index in [1.807, 2.05) is 0 Å². The van der Waals surface area contributed by atoms with Crippen molar-refractivity contribution in [2.24, 2.45) is 0 Å². The van der Waals surface area contributed by atoms with Gasteiger partial charge in [0.15, 0.2) is 0 Å². The maximum Gasteiger partial charge on any atom is 0.344 e. The van der Waals surface area contributed by atoms with E-state index in [2.05, 4.69) is 15.7 Å². The number of halogens is 2. The van der Waals surface area contributed by atoms with Crippen LogP contribution in [-0.2, 0) is 4.79 Å². The van der Waals surface area contributed by atoms with Gasteiger partial charge in [0, 0.05) is 20.9 Å². The second-order valence-corrected chi connectivity index (χ2v) is 6.84. The molecule has 1 unspecified atom stereocenters. The number of rotatable bonds is 3. The van der Waals surface area contributed by atoms with Crippen molar-refractivity contribution in [2.45, 2.75) is 6.04 Å². The van der Waals surface area contributed by atoms with E-state index < -0.39 is 23.9 Å². The lowest BCUT2D eigenvalue weighted by atomic mass is 10.1. The van der Waals surface area contributed by atoms with Gasteiger partial charge in [-0.15, -0.1) is 0 Å². The number of H-pyrrole nitrogens is 1. The minimum Gasteiger partial charge on any atom is -0.350 e. The van der Waals surface area contributed by atoms with Crippen LogP contribution in [0.15, 0.2) is 48.5 Å². The second-order valence-electron chi connectivity index (χ2n) is 5.96. The van der Waals surface area contributed by atoms with E-state index in [4.69, 9.17) is 23.2 Å². The van der Waals surface area contributed by atoms with Crippen LogP contribution in [-0.4, -0.2) is 27.8 Å². The van der Waals surface area contributed by atoms with Crippen LogP contribution >= 0.6 is 23.2 Å². The minimum absolute atomic E-state index is 0.197. The molecule has 136 valence electrons. The van der Waals surface area contributed by atoms with E-state index >= 15 is 0 Å². The maximum atomic E-state index is 12.6. The van der Waals surface area contributed by atoms with Crippen LogP contribution < -0.4 is 10.7 Å². The molecule has 0 spiro atoms. The predicted octanol–water partition coefficient (Wildman–Crippen LogP) is 3.41. The highest BCUT2D eigenvalue weighted by Crippen LogP contribution is 2.23. The number of carbonyl (C=O) groups excluding carboxylic acids is 3. The number of hydrazine groups is 1. The number of benzene rings is 2. The maximum absolute atomic E-state index is 12.6. The molecular formula is C18H12Cl2N4O3. The topological polar surface area (TPSA) is 94.3 Å². The summed E-state index contributed by atoms with van der Waals surface area (Å²) >= 11 is 11.8. The summed E-state index contributed by atoms with van der Waals surface area (Å²) in [7, 11) is 0. The van der Waals surface area contributed by atoms with Crippen LogP contribution in [0, 0.1) is 0 Å². The Kier molecular flexibility index (Phi) is 4.25. The first-order chi connectivity index (χ1) is 12.9. The monoisotopic (exact) mass is 402 g/mol. The van der Waals surface area contributed by atoms with E-state index in [1.54, 1.807) is 48.5 Å². The Bertz CT molecular complexity index is 1080. The standard InChI is InChI=1S/C18H12Cl2N4O3/c19-11-3-1-9(2-4-11)15-17(26)24(18(27)22-15)23-16(25)14-8-10-7-12(20)5-6-13(10)21-14/h1-8,15,21H,(H,22,27)(H,23,25). The van der Waals surface area contributed by atoms with Crippen molar-refractivity contribution in [3.8, 4) is 0 Å². The first-order valence-corrected chi connectivity index (χ1v) is 8.67. The summed E-state index contributed by atoms with van der Waals surface area (Å²) in [5.41, 5.74) is 3.79. The molecule has 1 atom stereocenters. The SMILES string of the molecule is O=C(NN1C(=O)NC(c2ccc(Cl)cc2)C1=O)c1cc2cc(Cl)ccc2[nH]1. The van der Waals surface area contributed by atoms with Crippen molar-refractivity contribution < 1.29 is 14.4 Å². The van der Waals surface area contributed by atoms with Crippen LogP contribution in [0.5, 0.6) is 0 Å². The number of aromatic amines is 1. The van der Waals surface area contributed by atoms with Crippen molar-refractivity contribution in [1.82, 2.24) is 20.7 Å². The molecule has 1 aliphatic rings. The van der Waals surface area contributed by atoms with Crippen molar-refractivity contribution in [3.63, 3.8) is 0 Å². The lowest BCUT2D eigenvalue weighted by Crippen LogP contribution is -2.46.